The van der Waals surface area contributed by atoms with Crippen LogP contribution in [-0.4, -0.2) is 59.9 Å². The Labute approximate surface area is 111 Å². The largest absolute Gasteiger partial charge is 0.466 e. The highest BCUT2D eigenvalue weighted by Gasteiger charge is 2.00. The molecule has 118 valence electrons. The lowest BCUT2D eigenvalue weighted by atomic mass is 10.5. The van der Waals surface area contributed by atoms with Crippen LogP contribution in [0.3, 0.4) is 0 Å². The SMILES string of the molecule is C=CCN(C)CC=C.O.O=P(O)(O)O.O=P(O)(O)O. The molecular weight excluding hydrogens is 304 g/mol. The molecule has 12 heteroatoms. The Bertz CT molecular complexity index is 263. The van der Waals surface area contributed by atoms with Crippen LogP contribution < -0.4 is 0 Å². The highest BCUT2D eigenvalue weighted by Crippen LogP contribution is 2.26. The van der Waals surface area contributed by atoms with Gasteiger partial charge >= 0.3 is 15.6 Å². The van der Waals surface area contributed by atoms with Crippen LogP contribution in [0.15, 0.2) is 25.3 Å². The molecule has 0 aliphatic heterocycles. The van der Waals surface area contributed by atoms with Crippen molar-refractivity contribution < 1.29 is 44.0 Å². The van der Waals surface area contributed by atoms with Gasteiger partial charge in [0.25, 0.3) is 0 Å². The van der Waals surface area contributed by atoms with Gasteiger partial charge in [-0.3, -0.25) is 4.90 Å². The van der Waals surface area contributed by atoms with E-state index in [0.717, 1.165) is 13.1 Å². The van der Waals surface area contributed by atoms with Gasteiger partial charge in [0.05, 0.1) is 0 Å². The first kappa shape index (κ1) is 27.0. The Kier molecular flexibility index (Phi) is 20.0. The van der Waals surface area contributed by atoms with E-state index in [-0.39, 0.29) is 5.48 Å². The van der Waals surface area contributed by atoms with Gasteiger partial charge in [-0.05, 0) is 7.05 Å². The molecule has 0 unspecified atom stereocenters. The maximum Gasteiger partial charge on any atom is 0.466 e. The van der Waals surface area contributed by atoms with Gasteiger partial charge in [0.15, 0.2) is 0 Å². The van der Waals surface area contributed by atoms with Gasteiger partial charge in [0.1, 0.15) is 0 Å². The quantitative estimate of drug-likeness (QED) is 0.267. The molecule has 0 saturated heterocycles. The van der Waals surface area contributed by atoms with Crippen LogP contribution in [0.4, 0.5) is 0 Å². The van der Waals surface area contributed by atoms with Crippen molar-refractivity contribution in [2.45, 2.75) is 0 Å². The standard InChI is InChI=1S/C7H13N.2H3O4P.H2O/c1-4-6-8(3)7-5-2;2*1-5(2,3)4;/h4-5H,1-2,6-7H2,3H3;2*(H3,1,2,3,4);1H2. The van der Waals surface area contributed by atoms with E-state index in [1.807, 2.05) is 19.2 Å². The lowest BCUT2D eigenvalue weighted by Crippen LogP contribution is -2.17. The van der Waals surface area contributed by atoms with Gasteiger partial charge in [0, 0.05) is 13.1 Å². The third-order valence-corrected chi connectivity index (χ3v) is 0.882. The van der Waals surface area contributed by atoms with E-state index >= 15 is 0 Å². The lowest BCUT2D eigenvalue weighted by Gasteiger charge is -2.09. The van der Waals surface area contributed by atoms with Crippen molar-refractivity contribution >= 4 is 15.6 Å². The summed E-state index contributed by atoms with van der Waals surface area (Å²) < 4.78 is 17.8. The topological polar surface area (TPSA) is 190 Å². The van der Waals surface area contributed by atoms with Crippen molar-refractivity contribution in [3.63, 3.8) is 0 Å². The van der Waals surface area contributed by atoms with Crippen LogP contribution >= 0.6 is 15.6 Å². The molecule has 0 saturated carbocycles. The van der Waals surface area contributed by atoms with Gasteiger partial charge < -0.3 is 34.8 Å². The predicted molar refractivity (Wildman–Crippen MR) is 70.0 cm³/mol. The second-order valence-corrected chi connectivity index (χ2v) is 4.88. The molecule has 0 amide bonds. The fourth-order valence-corrected chi connectivity index (χ4v) is 0.515. The van der Waals surface area contributed by atoms with Gasteiger partial charge in [-0.15, -0.1) is 13.2 Å². The Balaban J connectivity index is -0.0000000906. The molecule has 0 aliphatic rings. The minimum absolute atomic E-state index is 0. The van der Waals surface area contributed by atoms with Crippen LogP contribution in [0.2, 0.25) is 0 Å². The summed E-state index contributed by atoms with van der Waals surface area (Å²) in [6.45, 7) is 9.09. The molecule has 0 atom stereocenters. The fraction of sp³-hybridized carbons (Fsp3) is 0.429. The maximum absolute atomic E-state index is 8.88. The smallest absolute Gasteiger partial charge is 0.412 e. The molecule has 0 aromatic heterocycles. The van der Waals surface area contributed by atoms with E-state index in [0.29, 0.717) is 0 Å². The molecule has 0 heterocycles. The molecule has 0 rings (SSSR count). The Morgan fingerprint density at radius 2 is 1.05 bits per heavy atom. The predicted octanol–water partition coefficient (Wildman–Crippen LogP) is -1.39. The molecule has 0 fully saturated rings. The molecule has 10 nitrogen and oxygen atoms in total. The first-order valence-corrected chi connectivity index (χ1v) is 7.41. The van der Waals surface area contributed by atoms with E-state index in [1.54, 1.807) is 0 Å². The second kappa shape index (κ2) is 14.0. The maximum atomic E-state index is 8.88. The average Bonchev–Trinajstić information content (AvgIpc) is 1.97. The second-order valence-electron chi connectivity index (χ2n) is 2.83. The van der Waals surface area contributed by atoms with Crippen LogP contribution in [0, 0.1) is 0 Å². The summed E-state index contributed by atoms with van der Waals surface area (Å²) in [6.07, 6.45) is 3.76. The summed E-state index contributed by atoms with van der Waals surface area (Å²) in [4.78, 5) is 45.2. The number of phosphoric acid groups is 2. The molecule has 8 N–H and O–H groups in total. The van der Waals surface area contributed by atoms with E-state index in [4.69, 9.17) is 38.5 Å². The van der Waals surface area contributed by atoms with E-state index < -0.39 is 15.6 Å². The van der Waals surface area contributed by atoms with Crippen LogP contribution in [0.1, 0.15) is 0 Å². The summed E-state index contributed by atoms with van der Waals surface area (Å²) in [7, 11) is -7.25. The molecule has 0 radical (unpaired) electrons. The first-order chi connectivity index (χ1) is 7.81. The lowest BCUT2D eigenvalue weighted by molar-refractivity contribution is 0.272. The van der Waals surface area contributed by atoms with E-state index in [9.17, 15) is 0 Å². The third kappa shape index (κ3) is 136. The zero-order chi connectivity index (χ0) is 15.4. The summed E-state index contributed by atoms with van der Waals surface area (Å²) in [5.74, 6) is 0. The number of likely N-dealkylation sites (N-methyl/N-ethyl adjacent to an activating group) is 1. The van der Waals surface area contributed by atoms with Crippen LogP contribution in [-0.2, 0) is 9.13 Å². The summed E-state index contributed by atoms with van der Waals surface area (Å²) in [5.41, 5.74) is 0. The van der Waals surface area contributed by atoms with Crippen LogP contribution in [0.5, 0.6) is 0 Å². The van der Waals surface area contributed by atoms with Gasteiger partial charge in [-0.2, -0.15) is 0 Å². The molecule has 19 heavy (non-hydrogen) atoms. The van der Waals surface area contributed by atoms with Crippen molar-refractivity contribution in [2.24, 2.45) is 0 Å². The zero-order valence-electron chi connectivity index (χ0n) is 10.3. The minimum atomic E-state index is -4.64. The molecule has 0 aliphatic carbocycles. The monoisotopic (exact) mass is 325 g/mol. The molecule has 0 bridgehead atoms. The molecular formula is C7H21NO9P2. The number of nitrogens with zero attached hydrogens (tertiary/aromatic N) is 1. The van der Waals surface area contributed by atoms with Gasteiger partial charge in [-0.25, -0.2) is 9.13 Å². The van der Waals surface area contributed by atoms with Crippen molar-refractivity contribution in [3.8, 4) is 0 Å². The molecule has 0 aromatic carbocycles. The Morgan fingerprint density at radius 3 is 1.16 bits per heavy atom. The average molecular weight is 325 g/mol. The summed E-state index contributed by atoms with van der Waals surface area (Å²) in [6, 6.07) is 0. The third-order valence-electron chi connectivity index (χ3n) is 0.882. The normalized spacial score (nSPS) is 10.1. The van der Waals surface area contributed by atoms with Crippen molar-refractivity contribution in [3.05, 3.63) is 25.3 Å². The number of rotatable bonds is 4. The first-order valence-electron chi connectivity index (χ1n) is 4.28. The number of hydrogen-bond acceptors (Lipinski definition) is 3. The summed E-state index contributed by atoms with van der Waals surface area (Å²) in [5, 5.41) is 0. The number of hydrogen-bond donors (Lipinski definition) is 6. The highest BCUT2D eigenvalue weighted by molar-refractivity contribution is 7.45. The highest BCUT2D eigenvalue weighted by atomic mass is 31.2. The van der Waals surface area contributed by atoms with Gasteiger partial charge in [-0.1, -0.05) is 12.2 Å². The van der Waals surface area contributed by atoms with Gasteiger partial charge in [0.2, 0.25) is 0 Å². The Hall–Kier alpha value is -0.380. The summed E-state index contributed by atoms with van der Waals surface area (Å²) >= 11 is 0. The minimum Gasteiger partial charge on any atom is -0.412 e. The zero-order valence-corrected chi connectivity index (χ0v) is 12.1. The van der Waals surface area contributed by atoms with Crippen molar-refractivity contribution in [1.82, 2.24) is 4.90 Å². The van der Waals surface area contributed by atoms with E-state index in [2.05, 4.69) is 18.1 Å². The molecule has 0 aromatic rings. The Morgan fingerprint density at radius 1 is 0.895 bits per heavy atom. The fourth-order valence-electron chi connectivity index (χ4n) is 0.515. The van der Waals surface area contributed by atoms with E-state index in [1.165, 1.54) is 0 Å². The molecule has 0 spiro atoms. The van der Waals surface area contributed by atoms with Crippen LogP contribution in [0.25, 0.3) is 0 Å². The van der Waals surface area contributed by atoms with Crippen molar-refractivity contribution in [1.29, 1.82) is 0 Å². The van der Waals surface area contributed by atoms with Crippen molar-refractivity contribution in [2.75, 3.05) is 20.1 Å².